The van der Waals surface area contributed by atoms with E-state index in [-0.39, 0.29) is 5.69 Å². The number of nitrogens with zero attached hydrogens (tertiary/aromatic N) is 3. The van der Waals surface area contributed by atoms with Gasteiger partial charge in [-0.3, -0.25) is 0 Å². The van der Waals surface area contributed by atoms with E-state index in [2.05, 4.69) is 39.0 Å². The SMILES string of the molecule is CCN(CC)CCNc1ccc(C(=O)OC)nn1. The molecule has 1 aromatic heterocycles. The number of anilines is 1. The fraction of sp³-hybridized carbons (Fsp3) is 0.583. The van der Waals surface area contributed by atoms with Crippen molar-refractivity contribution in [3.63, 3.8) is 0 Å². The molecule has 1 rings (SSSR count). The topological polar surface area (TPSA) is 67.4 Å². The highest BCUT2D eigenvalue weighted by molar-refractivity contribution is 5.86. The second-order valence-corrected chi connectivity index (χ2v) is 3.75. The van der Waals surface area contributed by atoms with Crippen LogP contribution in [0, 0.1) is 0 Å². The number of rotatable bonds is 7. The third-order valence-electron chi connectivity index (χ3n) is 2.69. The van der Waals surface area contributed by atoms with E-state index in [1.165, 1.54) is 7.11 Å². The van der Waals surface area contributed by atoms with Gasteiger partial charge in [0.05, 0.1) is 7.11 Å². The first-order valence-electron chi connectivity index (χ1n) is 6.09. The second kappa shape index (κ2) is 7.60. The Hall–Kier alpha value is -1.69. The van der Waals surface area contributed by atoms with Crippen molar-refractivity contribution < 1.29 is 9.53 Å². The van der Waals surface area contributed by atoms with Gasteiger partial charge in [-0.2, -0.15) is 0 Å². The quantitative estimate of drug-likeness (QED) is 0.731. The molecule has 0 fully saturated rings. The summed E-state index contributed by atoms with van der Waals surface area (Å²) in [5, 5.41) is 10.9. The molecule has 0 bridgehead atoms. The Morgan fingerprint density at radius 3 is 2.56 bits per heavy atom. The molecule has 18 heavy (non-hydrogen) atoms. The number of nitrogens with one attached hydrogen (secondary N) is 1. The molecular formula is C12H20N4O2. The highest BCUT2D eigenvalue weighted by Gasteiger charge is 2.07. The van der Waals surface area contributed by atoms with Crippen molar-refractivity contribution >= 4 is 11.8 Å². The zero-order chi connectivity index (χ0) is 13.4. The Balaban J connectivity index is 2.42. The third kappa shape index (κ3) is 4.29. The Morgan fingerprint density at radius 1 is 1.33 bits per heavy atom. The van der Waals surface area contributed by atoms with E-state index in [1.807, 2.05) is 0 Å². The molecule has 0 saturated heterocycles. The van der Waals surface area contributed by atoms with Gasteiger partial charge in [-0.25, -0.2) is 4.79 Å². The molecule has 0 aromatic carbocycles. The van der Waals surface area contributed by atoms with Gasteiger partial charge in [0.25, 0.3) is 0 Å². The first-order chi connectivity index (χ1) is 8.71. The summed E-state index contributed by atoms with van der Waals surface area (Å²) in [7, 11) is 1.32. The lowest BCUT2D eigenvalue weighted by molar-refractivity contribution is 0.0593. The summed E-state index contributed by atoms with van der Waals surface area (Å²) in [5.74, 6) is 0.187. The van der Waals surface area contributed by atoms with Crippen molar-refractivity contribution in [1.29, 1.82) is 0 Å². The molecule has 1 N–H and O–H groups in total. The minimum absolute atomic E-state index is 0.215. The summed E-state index contributed by atoms with van der Waals surface area (Å²) in [6.45, 7) is 8.08. The average Bonchev–Trinajstić information content (AvgIpc) is 2.43. The molecule has 0 amide bonds. The molecule has 0 aliphatic heterocycles. The largest absolute Gasteiger partial charge is 0.464 e. The standard InChI is InChI=1S/C12H20N4O2/c1-4-16(5-2)9-8-13-11-7-6-10(14-15-11)12(17)18-3/h6-7H,4-5,8-9H2,1-3H3,(H,13,15). The number of ether oxygens (including phenoxy) is 1. The molecule has 0 aliphatic carbocycles. The van der Waals surface area contributed by atoms with Crippen molar-refractivity contribution in [2.75, 3.05) is 38.6 Å². The number of hydrogen-bond donors (Lipinski definition) is 1. The van der Waals surface area contributed by atoms with Crippen molar-refractivity contribution in [3.8, 4) is 0 Å². The first kappa shape index (κ1) is 14.4. The van der Waals surface area contributed by atoms with Crippen molar-refractivity contribution in [2.45, 2.75) is 13.8 Å². The van der Waals surface area contributed by atoms with Crippen LogP contribution in [0.3, 0.4) is 0 Å². The van der Waals surface area contributed by atoms with E-state index >= 15 is 0 Å². The fourth-order valence-electron chi connectivity index (χ4n) is 1.52. The van der Waals surface area contributed by atoms with Crippen LogP contribution in [-0.4, -0.2) is 54.4 Å². The maximum Gasteiger partial charge on any atom is 0.358 e. The van der Waals surface area contributed by atoms with Gasteiger partial charge in [0.1, 0.15) is 5.82 Å². The smallest absolute Gasteiger partial charge is 0.358 e. The van der Waals surface area contributed by atoms with Crippen molar-refractivity contribution in [2.24, 2.45) is 0 Å². The molecule has 100 valence electrons. The summed E-state index contributed by atoms with van der Waals surface area (Å²) in [5.41, 5.74) is 0.215. The van der Waals surface area contributed by atoms with Crippen molar-refractivity contribution in [1.82, 2.24) is 15.1 Å². The van der Waals surface area contributed by atoms with Gasteiger partial charge in [0.15, 0.2) is 5.69 Å². The van der Waals surface area contributed by atoms with E-state index in [9.17, 15) is 4.79 Å². The predicted molar refractivity (Wildman–Crippen MR) is 69.6 cm³/mol. The predicted octanol–water partition coefficient (Wildman–Crippen LogP) is 1.02. The molecule has 0 saturated carbocycles. The van der Waals surface area contributed by atoms with Gasteiger partial charge in [0.2, 0.25) is 0 Å². The molecular weight excluding hydrogens is 232 g/mol. The summed E-state index contributed by atoms with van der Waals surface area (Å²) in [6.07, 6.45) is 0. The molecule has 1 aromatic rings. The number of esters is 1. The molecule has 0 atom stereocenters. The number of likely N-dealkylation sites (N-methyl/N-ethyl adjacent to an activating group) is 1. The number of hydrogen-bond acceptors (Lipinski definition) is 6. The van der Waals surface area contributed by atoms with E-state index in [0.717, 1.165) is 26.2 Å². The summed E-state index contributed by atoms with van der Waals surface area (Å²) in [6, 6.07) is 3.32. The van der Waals surface area contributed by atoms with Crippen LogP contribution >= 0.6 is 0 Å². The van der Waals surface area contributed by atoms with Crippen LogP contribution in [0.25, 0.3) is 0 Å². The summed E-state index contributed by atoms with van der Waals surface area (Å²) < 4.78 is 4.55. The number of carbonyl (C=O) groups excluding carboxylic acids is 1. The van der Waals surface area contributed by atoms with Crippen LogP contribution in [0.5, 0.6) is 0 Å². The van der Waals surface area contributed by atoms with Crippen LogP contribution in [0.2, 0.25) is 0 Å². The molecule has 6 heteroatoms. The molecule has 0 unspecified atom stereocenters. The van der Waals surface area contributed by atoms with Gasteiger partial charge in [0, 0.05) is 13.1 Å². The number of methoxy groups -OCH3 is 1. The Bertz CT molecular complexity index is 363. The van der Waals surface area contributed by atoms with Gasteiger partial charge < -0.3 is 15.0 Å². The average molecular weight is 252 g/mol. The lowest BCUT2D eigenvalue weighted by Crippen LogP contribution is -2.28. The van der Waals surface area contributed by atoms with Gasteiger partial charge in [-0.1, -0.05) is 13.8 Å². The van der Waals surface area contributed by atoms with E-state index in [1.54, 1.807) is 12.1 Å². The highest BCUT2D eigenvalue weighted by Crippen LogP contribution is 2.02. The van der Waals surface area contributed by atoms with Gasteiger partial charge in [-0.15, -0.1) is 10.2 Å². The zero-order valence-corrected chi connectivity index (χ0v) is 11.1. The number of carbonyl (C=O) groups is 1. The van der Waals surface area contributed by atoms with Gasteiger partial charge in [-0.05, 0) is 25.2 Å². The van der Waals surface area contributed by atoms with E-state index in [0.29, 0.717) is 5.82 Å². The lowest BCUT2D eigenvalue weighted by Gasteiger charge is -2.17. The van der Waals surface area contributed by atoms with Crippen LogP contribution in [0.15, 0.2) is 12.1 Å². The molecule has 1 heterocycles. The van der Waals surface area contributed by atoms with Crippen LogP contribution in [0.4, 0.5) is 5.82 Å². The Labute approximate surface area is 107 Å². The lowest BCUT2D eigenvalue weighted by atomic mass is 10.4. The molecule has 0 radical (unpaired) electrons. The Kier molecular flexibility index (Phi) is 6.07. The zero-order valence-electron chi connectivity index (χ0n) is 11.1. The Morgan fingerprint density at radius 2 is 2.06 bits per heavy atom. The van der Waals surface area contributed by atoms with Gasteiger partial charge >= 0.3 is 5.97 Å². The summed E-state index contributed by atoms with van der Waals surface area (Å²) >= 11 is 0. The highest BCUT2D eigenvalue weighted by atomic mass is 16.5. The van der Waals surface area contributed by atoms with Crippen molar-refractivity contribution in [3.05, 3.63) is 17.8 Å². The second-order valence-electron chi connectivity index (χ2n) is 3.75. The van der Waals surface area contributed by atoms with E-state index < -0.39 is 5.97 Å². The first-order valence-corrected chi connectivity index (χ1v) is 6.09. The minimum Gasteiger partial charge on any atom is -0.464 e. The molecule has 6 nitrogen and oxygen atoms in total. The van der Waals surface area contributed by atoms with Crippen LogP contribution in [0.1, 0.15) is 24.3 Å². The maximum absolute atomic E-state index is 11.2. The third-order valence-corrected chi connectivity index (χ3v) is 2.69. The minimum atomic E-state index is -0.475. The van der Waals surface area contributed by atoms with E-state index in [4.69, 9.17) is 0 Å². The maximum atomic E-state index is 11.2. The fourth-order valence-corrected chi connectivity index (χ4v) is 1.52. The van der Waals surface area contributed by atoms with Crippen LogP contribution < -0.4 is 5.32 Å². The normalized spacial score (nSPS) is 10.4. The molecule has 0 aliphatic rings. The summed E-state index contributed by atoms with van der Waals surface area (Å²) in [4.78, 5) is 13.5. The monoisotopic (exact) mass is 252 g/mol. The number of aromatic nitrogens is 2. The molecule has 0 spiro atoms. The van der Waals surface area contributed by atoms with Crippen LogP contribution in [-0.2, 0) is 4.74 Å².